The van der Waals surface area contributed by atoms with E-state index in [4.69, 9.17) is 0 Å². The van der Waals surface area contributed by atoms with Crippen molar-refractivity contribution >= 4 is 9.24 Å². The highest BCUT2D eigenvalue weighted by Crippen LogP contribution is 2.23. The zero-order valence-electron chi connectivity index (χ0n) is 4.69. The van der Waals surface area contributed by atoms with Gasteiger partial charge in [0.25, 0.3) is 0 Å². The normalized spacial score (nSPS) is 25.3. The molecule has 0 nitrogen and oxygen atoms in total. The third-order valence-corrected chi connectivity index (χ3v) is 2.32. The maximum absolute atomic E-state index is 2.91. The second-order valence-electron chi connectivity index (χ2n) is 2.40. The van der Waals surface area contributed by atoms with E-state index in [1.54, 1.807) is 0 Å². The molecule has 0 aliphatic heterocycles. The molecule has 1 rings (SSSR count). The lowest BCUT2D eigenvalue weighted by molar-refractivity contribution is 0.516. The molecule has 1 atom stereocenters. The van der Waals surface area contributed by atoms with Gasteiger partial charge in [0.15, 0.2) is 0 Å². The Morgan fingerprint density at radius 1 is 1.00 bits per heavy atom. The fourth-order valence-electron chi connectivity index (χ4n) is 1.13. The Morgan fingerprint density at radius 2 is 1.57 bits per heavy atom. The third-order valence-electron chi connectivity index (χ3n) is 1.65. The molecule has 1 saturated carbocycles. The molecule has 0 aromatic heterocycles. The second kappa shape index (κ2) is 2.67. The Hall–Kier alpha value is 0.430. The first kappa shape index (κ1) is 5.56. The predicted octanol–water partition coefficient (Wildman–Crippen LogP) is 2.19. The van der Waals surface area contributed by atoms with E-state index >= 15 is 0 Å². The minimum absolute atomic E-state index is 0.953. The SMILES string of the molecule is PC1CCCCC1. The summed E-state index contributed by atoms with van der Waals surface area (Å²) < 4.78 is 0. The molecule has 7 heavy (non-hydrogen) atoms. The molecule has 0 heterocycles. The Labute approximate surface area is 47.9 Å². The van der Waals surface area contributed by atoms with Crippen LogP contribution in [-0.4, -0.2) is 5.66 Å². The fourth-order valence-corrected chi connectivity index (χ4v) is 1.61. The van der Waals surface area contributed by atoms with E-state index in [0.717, 1.165) is 5.66 Å². The van der Waals surface area contributed by atoms with Gasteiger partial charge in [-0.3, -0.25) is 0 Å². The lowest BCUT2D eigenvalue weighted by Gasteiger charge is -2.15. The van der Waals surface area contributed by atoms with Crippen LogP contribution in [0.1, 0.15) is 32.1 Å². The Bertz CT molecular complexity index is 46.1. The van der Waals surface area contributed by atoms with Gasteiger partial charge in [-0.15, -0.1) is 9.24 Å². The molecule has 0 bridgehead atoms. The van der Waals surface area contributed by atoms with Gasteiger partial charge in [-0.25, -0.2) is 0 Å². The molecular weight excluding hydrogens is 103 g/mol. The summed E-state index contributed by atoms with van der Waals surface area (Å²) in [5, 5.41) is 0. The van der Waals surface area contributed by atoms with Crippen LogP contribution in [0.5, 0.6) is 0 Å². The summed E-state index contributed by atoms with van der Waals surface area (Å²) in [6.45, 7) is 0. The molecule has 1 unspecified atom stereocenters. The van der Waals surface area contributed by atoms with E-state index in [1.807, 2.05) is 0 Å². The summed E-state index contributed by atoms with van der Waals surface area (Å²) in [4.78, 5) is 0. The van der Waals surface area contributed by atoms with Crippen molar-refractivity contribution < 1.29 is 0 Å². The van der Waals surface area contributed by atoms with Crippen LogP contribution in [0, 0.1) is 0 Å². The van der Waals surface area contributed by atoms with Gasteiger partial charge in [-0.05, 0) is 18.5 Å². The highest BCUT2D eigenvalue weighted by Gasteiger charge is 2.06. The molecule has 0 amide bonds. The molecule has 1 heteroatoms. The van der Waals surface area contributed by atoms with E-state index in [2.05, 4.69) is 9.24 Å². The van der Waals surface area contributed by atoms with Crippen LogP contribution < -0.4 is 0 Å². The zero-order valence-corrected chi connectivity index (χ0v) is 5.84. The summed E-state index contributed by atoms with van der Waals surface area (Å²) >= 11 is 0. The lowest BCUT2D eigenvalue weighted by atomic mass is 10.0. The predicted molar refractivity (Wildman–Crippen MR) is 36.6 cm³/mol. The van der Waals surface area contributed by atoms with Gasteiger partial charge in [0.2, 0.25) is 0 Å². The van der Waals surface area contributed by atoms with Crippen molar-refractivity contribution in [1.29, 1.82) is 0 Å². The van der Waals surface area contributed by atoms with E-state index in [-0.39, 0.29) is 0 Å². The van der Waals surface area contributed by atoms with Crippen LogP contribution in [0.3, 0.4) is 0 Å². The Balaban J connectivity index is 2.12. The Kier molecular flexibility index (Phi) is 2.12. The largest absolute Gasteiger partial charge is 0.134 e. The van der Waals surface area contributed by atoms with Crippen molar-refractivity contribution in [2.75, 3.05) is 0 Å². The van der Waals surface area contributed by atoms with Crippen LogP contribution in [0.4, 0.5) is 0 Å². The van der Waals surface area contributed by atoms with Crippen LogP contribution in [0.25, 0.3) is 0 Å². The summed E-state index contributed by atoms with van der Waals surface area (Å²) in [6, 6.07) is 0. The first-order valence-electron chi connectivity index (χ1n) is 3.15. The highest BCUT2D eigenvalue weighted by molar-refractivity contribution is 7.17. The highest BCUT2D eigenvalue weighted by atomic mass is 31.0. The number of rotatable bonds is 0. The molecule has 0 radical (unpaired) electrons. The van der Waals surface area contributed by atoms with Crippen molar-refractivity contribution in [3.8, 4) is 0 Å². The summed E-state index contributed by atoms with van der Waals surface area (Å²) in [5.74, 6) is 0. The van der Waals surface area contributed by atoms with Gasteiger partial charge in [0, 0.05) is 0 Å². The fraction of sp³-hybridized carbons (Fsp3) is 1.00. The topological polar surface area (TPSA) is 0 Å². The van der Waals surface area contributed by atoms with Gasteiger partial charge >= 0.3 is 0 Å². The van der Waals surface area contributed by atoms with Gasteiger partial charge in [-0.1, -0.05) is 19.3 Å². The first-order chi connectivity index (χ1) is 3.39. The van der Waals surface area contributed by atoms with Crippen LogP contribution in [-0.2, 0) is 0 Å². The van der Waals surface area contributed by atoms with Crippen molar-refractivity contribution in [2.45, 2.75) is 37.8 Å². The van der Waals surface area contributed by atoms with Crippen molar-refractivity contribution in [1.82, 2.24) is 0 Å². The summed E-state index contributed by atoms with van der Waals surface area (Å²) in [5.41, 5.74) is 0.953. The minimum atomic E-state index is 0.953. The molecule has 42 valence electrons. The average Bonchev–Trinajstić information content (AvgIpc) is 1.69. The average molecular weight is 116 g/mol. The molecular formula is C6H13P. The van der Waals surface area contributed by atoms with Gasteiger partial charge in [0.1, 0.15) is 0 Å². The standard InChI is InChI=1S/C6H13P/c7-6-4-2-1-3-5-6/h6H,1-5,7H2. The van der Waals surface area contributed by atoms with E-state index in [9.17, 15) is 0 Å². The van der Waals surface area contributed by atoms with Gasteiger partial charge in [0.05, 0.1) is 0 Å². The Morgan fingerprint density at radius 3 is 1.86 bits per heavy atom. The lowest BCUT2D eigenvalue weighted by Crippen LogP contribution is -2.02. The second-order valence-corrected chi connectivity index (χ2v) is 3.34. The van der Waals surface area contributed by atoms with Crippen LogP contribution >= 0.6 is 9.24 Å². The molecule has 0 saturated heterocycles. The molecule has 1 aliphatic rings. The number of hydrogen-bond donors (Lipinski definition) is 0. The van der Waals surface area contributed by atoms with Crippen molar-refractivity contribution in [3.63, 3.8) is 0 Å². The van der Waals surface area contributed by atoms with Crippen molar-refractivity contribution in [2.24, 2.45) is 0 Å². The number of hydrogen-bond acceptors (Lipinski definition) is 0. The molecule has 1 aliphatic carbocycles. The summed E-state index contributed by atoms with van der Waals surface area (Å²) in [7, 11) is 2.91. The van der Waals surface area contributed by atoms with E-state index in [1.165, 1.54) is 32.1 Å². The van der Waals surface area contributed by atoms with Crippen molar-refractivity contribution in [3.05, 3.63) is 0 Å². The van der Waals surface area contributed by atoms with Gasteiger partial charge < -0.3 is 0 Å². The third kappa shape index (κ3) is 1.78. The molecule has 0 N–H and O–H groups in total. The minimum Gasteiger partial charge on any atom is -0.134 e. The monoisotopic (exact) mass is 116 g/mol. The molecule has 1 fully saturated rings. The zero-order chi connectivity index (χ0) is 5.11. The van der Waals surface area contributed by atoms with Crippen LogP contribution in [0.2, 0.25) is 0 Å². The maximum Gasteiger partial charge on any atom is -0.0264 e. The molecule has 0 aromatic rings. The smallest absolute Gasteiger partial charge is 0.0264 e. The quantitative estimate of drug-likeness (QED) is 0.425. The van der Waals surface area contributed by atoms with E-state index < -0.39 is 0 Å². The summed E-state index contributed by atoms with van der Waals surface area (Å²) in [6.07, 6.45) is 7.31. The van der Waals surface area contributed by atoms with Gasteiger partial charge in [-0.2, -0.15) is 0 Å². The maximum atomic E-state index is 2.91. The van der Waals surface area contributed by atoms with Crippen LogP contribution in [0.15, 0.2) is 0 Å². The molecule has 0 aromatic carbocycles. The molecule has 0 spiro atoms. The first-order valence-corrected chi connectivity index (χ1v) is 3.82. The van der Waals surface area contributed by atoms with E-state index in [0.29, 0.717) is 0 Å².